The molecule has 2 radical (unpaired) electrons. The van der Waals surface area contributed by atoms with E-state index in [1.165, 1.54) is 31.1 Å². The predicted octanol–water partition coefficient (Wildman–Crippen LogP) is 2.37. The van der Waals surface area contributed by atoms with Gasteiger partial charge in [0.2, 0.25) is 35.4 Å². The fraction of sp³-hybridized carbons (Fsp3) is 0.816. The topological polar surface area (TPSA) is 177 Å². The van der Waals surface area contributed by atoms with Crippen LogP contribution in [0.5, 0.6) is 0 Å². The molecule has 5 N–H and O–H groups in total. The number of likely N-dealkylation sites (tertiary alicyclic amines) is 2. The van der Waals surface area contributed by atoms with Crippen molar-refractivity contribution in [3.8, 4) is 0 Å². The lowest BCUT2D eigenvalue weighted by Crippen LogP contribution is -2.61. The molecule has 2 saturated carbocycles. The smallest absolute Gasteiger partial charge is 0.246 e. The van der Waals surface area contributed by atoms with Gasteiger partial charge >= 0.3 is 0 Å². The maximum atomic E-state index is 14.3. The lowest BCUT2D eigenvalue weighted by atomic mass is 9.82. The molecule has 13 heteroatoms. The number of hydrogen-bond acceptors (Lipinski definition) is 7. The highest BCUT2D eigenvalue weighted by atomic mass is 16.3. The van der Waals surface area contributed by atoms with Gasteiger partial charge in [-0.1, -0.05) is 58.3 Å². The van der Waals surface area contributed by atoms with Crippen LogP contribution in [0.2, 0.25) is 0 Å². The van der Waals surface area contributed by atoms with E-state index in [-0.39, 0.29) is 24.3 Å². The van der Waals surface area contributed by atoms with Crippen LogP contribution in [0, 0.1) is 18.8 Å². The summed E-state index contributed by atoms with van der Waals surface area (Å²) in [5.41, 5.74) is 0. The predicted molar refractivity (Wildman–Crippen MR) is 192 cm³/mol. The standard InChI is InChI=1S/C38H62N6O7/c1-4-22-39-36(49)32(26(3)45)42-35(48)30-19-13-24-43(30)37(50)25(2)40-34(47)29-18-11-12-23-44(29)38(51)33(28-16-9-6-10-17-28)41-31(46)21-20-27-14-7-5-8-15-27/h2,25-30,32-33,45H,4-24H2,1,3H3,(H,39,49)(H,40,47)(H,41,46)(H,42,48)/t25-,26?,29-,30-,32-,33-/m0/s1. The van der Waals surface area contributed by atoms with Crippen molar-refractivity contribution >= 4 is 35.4 Å². The van der Waals surface area contributed by atoms with Gasteiger partial charge in [-0.25, -0.2) is 0 Å². The minimum atomic E-state index is -1.46. The summed E-state index contributed by atoms with van der Waals surface area (Å²) in [6.45, 7) is 10.5. The van der Waals surface area contributed by atoms with Crippen molar-refractivity contribution in [2.24, 2.45) is 11.8 Å². The van der Waals surface area contributed by atoms with Crippen LogP contribution in [0.1, 0.15) is 129 Å². The van der Waals surface area contributed by atoms with Gasteiger partial charge in [-0.05, 0) is 83.5 Å². The molecule has 0 aromatic heterocycles. The van der Waals surface area contributed by atoms with Crippen molar-refractivity contribution in [2.45, 2.75) is 166 Å². The number of aliphatic hydroxyl groups excluding tert-OH is 1. The molecule has 286 valence electrons. The number of carbonyl (C=O) groups excluding carboxylic acids is 6. The highest BCUT2D eigenvalue weighted by Gasteiger charge is 2.42. The molecule has 2 saturated heterocycles. The van der Waals surface area contributed by atoms with Crippen LogP contribution in [0.3, 0.4) is 0 Å². The number of carbonyl (C=O) groups is 6. The van der Waals surface area contributed by atoms with Crippen LogP contribution in [-0.2, 0) is 28.8 Å². The molecule has 0 spiro atoms. The van der Waals surface area contributed by atoms with Crippen LogP contribution in [0.25, 0.3) is 0 Å². The zero-order valence-electron chi connectivity index (χ0n) is 30.8. The van der Waals surface area contributed by atoms with Crippen molar-refractivity contribution < 1.29 is 33.9 Å². The van der Waals surface area contributed by atoms with Crippen LogP contribution >= 0.6 is 0 Å². The Kier molecular flexibility index (Phi) is 16.0. The molecule has 2 heterocycles. The van der Waals surface area contributed by atoms with E-state index >= 15 is 0 Å². The fourth-order valence-corrected chi connectivity index (χ4v) is 8.36. The quantitative estimate of drug-likeness (QED) is 0.173. The van der Waals surface area contributed by atoms with Gasteiger partial charge < -0.3 is 36.2 Å². The fourth-order valence-electron chi connectivity index (χ4n) is 8.36. The summed E-state index contributed by atoms with van der Waals surface area (Å²) < 4.78 is 0. The van der Waals surface area contributed by atoms with Gasteiger partial charge in [-0.15, -0.1) is 0 Å². The minimum Gasteiger partial charge on any atom is -0.391 e. The average molecular weight is 715 g/mol. The Morgan fingerprint density at radius 2 is 1.29 bits per heavy atom. The van der Waals surface area contributed by atoms with Crippen molar-refractivity contribution in [3.63, 3.8) is 0 Å². The third kappa shape index (κ3) is 11.4. The number of amides is 6. The number of rotatable bonds is 15. The van der Waals surface area contributed by atoms with Crippen LogP contribution in [-0.4, -0.2) is 106 Å². The van der Waals surface area contributed by atoms with Crippen molar-refractivity contribution in [1.29, 1.82) is 0 Å². The number of aliphatic hydroxyl groups is 1. The third-order valence-electron chi connectivity index (χ3n) is 11.3. The summed E-state index contributed by atoms with van der Waals surface area (Å²) in [4.78, 5) is 83.5. The molecule has 4 rings (SSSR count). The summed E-state index contributed by atoms with van der Waals surface area (Å²) in [5.74, 6) is -2.10. The lowest BCUT2D eigenvalue weighted by Gasteiger charge is -2.40. The largest absolute Gasteiger partial charge is 0.391 e. The number of nitrogens with one attached hydrogen (secondary N) is 4. The Labute approximate surface area is 304 Å². The van der Waals surface area contributed by atoms with Gasteiger partial charge in [0.05, 0.1) is 6.10 Å². The van der Waals surface area contributed by atoms with E-state index < -0.39 is 59.9 Å². The molecule has 6 atom stereocenters. The van der Waals surface area contributed by atoms with E-state index in [0.29, 0.717) is 51.1 Å². The molecule has 2 aliphatic carbocycles. The van der Waals surface area contributed by atoms with Gasteiger partial charge in [-0.3, -0.25) is 28.8 Å². The monoisotopic (exact) mass is 714 g/mol. The van der Waals surface area contributed by atoms with Gasteiger partial charge in [0.1, 0.15) is 30.2 Å². The van der Waals surface area contributed by atoms with Crippen LogP contribution < -0.4 is 21.3 Å². The van der Waals surface area contributed by atoms with E-state index in [1.54, 1.807) is 4.90 Å². The number of nitrogens with zero attached hydrogens (tertiary/aromatic N) is 2. The molecule has 2 aliphatic heterocycles. The summed E-state index contributed by atoms with van der Waals surface area (Å²) in [7, 11) is 0. The van der Waals surface area contributed by atoms with E-state index in [0.717, 1.165) is 64.2 Å². The first-order chi connectivity index (χ1) is 24.5. The molecule has 13 nitrogen and oxygen atoms in total. The second kappa shape index (κ2) is 20.1. The summed E-state index contributed by atoms with van der Waals surface area (Å²) in [6, 6.07) is -5.12. The molecule has 4 fully saturated rings. The molecule has 0 bridgehead atoms. The Bertz CT molecular complexity index is 1200. The molecule has 6 amide bonds. The maximum Gasteiger partial charge on any atom is 0.246 e. The first-order valence-corrected chi connectivity index (χ1v) is 19.7. The summed E-state index contributed by atoms with van der Waals surface area (Å²) in [5, 5.41) is 21.1. The SMILES string of the molecule is [CH][C@H](NC(=O)[C@@H]1CCCCN1C(=O)[C@@H](NC(=O)CCC1CCCCC1)C1CCCCC1)C(=O)N1CCC[C@H]1C(=O)N[C@H](C(=O)NCCC)C(C)O. The van der Waals surface area contributed by atoms with Crippen molar-refractivity contribution in [1.82, 2.24) is 31.1 Å². The molecule has 51 heavy (non-hydrogen) atoms. The minimum absolute atomic E-state index is 0.00346. The van der Waals surface area contributed by atoms with Gasteiger partial charge in [0.15, 0.2) is 0 Å². The van der Waals surface area contributed by atoms with Gasteiger partial charge in [0.25, 0.3) is 0 Å². The zero-order valence-corrected chi connectivity index (χ0v) is 30.8. The van der Waals surface area contributed by atoms with Crippen LogP contribution in [0.4, 0.5) is 0 Å². The van der Waals surface area contributed by atoms with E-state index in [4.69, 9.17) is 6.92 Å². The molecule has 0 aromatic carbocycles. The van der Waals surface area contributed by atoms with Gasteiger partial charge in [0, 0.05) is 26.1 Å². The Balaban J connectivity index is 1.39. The summed E-state index contributed by atoms with van der Waals surface area (Å²) >= 11 is 0. The highest BCUT2D eigenvalue weighted by molar-refractivity contribution is 5.97. The molecular formula is C38H62N6O7. The van der Waals surface area contributed by atoms with Crippen molar-refractivity contribution in [2.75, 3.05) is 19.6 Å². The Hall–Kier alpha value is -3.22. The normalized spacial score (nSPS) is 24.2. The second-order valence-corrected chi connectivity index (χ2v) is 15.2. The van der Waals surface area contributed by atoms with Crippen molar-refractivity contribution in [3.05, 3.63) is 6.92 Å². The second-order valence-electron chi connectivity index (χ2n) is 15.2. The first kappa shape index (κ1) is 40.5. The van der Waals surface area contributed by atoms with E-state index in [2.05, 4.69) is 21.3 Å². The number of hydrogen-bond donors (Lipinski definition) is 5. The molecular weight excluding hydrogens is 652 g/mol. The van der Waals surface area contributed by atoms with E-state index in [9.17, 15) is 33.9 Å². The van der Waals surface area contributed by atoms with Crippen LogP contribution in [0.15, 0.2) is 0 Å². The Morgan fingerprint density at radius 3 is 1.94 bits per heavy atom. The van der Waals surface area contributed by atoms with E-state index in [1.807, 2.05) is 6.92 Å². The highest BCUT2D eigenvalue weighted by Crippen LogP contribution is 2.30. The zero-order chi connectivity index (χ0) is 36.9. The lowest BCUT2D eigenvalue weighted by molar-refractivity contribution is -0.147. The van der Waals surface area contributed by atoms with Gasteiger partial charge in [-0.2, -0.15) is 0 Å². The number of piperidine rings is 1. The summed E-state index contributed by atoms with van der Waals surface area (Å²) in [6.07, 6.45) is 14.2. The molecule has 0 aromatic rings. The first-order valence-electron chi connectivity index (χ1n) is 19.7. The third-order valence-corrected chi connectivity index (χ3v) is 11.3. The molecule has 1 unspecified atom stereocenters. The molecule has 4 aliphatic rings. The maximum absolute atomic E-state index is 14.3. The Morgan fingerprint density at radius 1 is 0.725 bits per heavy atom. The average Bonchev–Trinajstić information content (AvgIpc) is 3.64.